The van der Waals surface area contributed by atoms with Crippen molar-refractivity contribution in [2.45, 2.75) is 13.3 Å². The predicted octanol–water partition coefficient (Wildman–Crippen LogP) is 7.15. The number of hydrogen-bond acceptors (Lipinski definition) is 8. The average Bonchev–Trinajstić information content (AvgIpc) is 2.99. The lowest BCUT2D eigenvalue weighted by atomic mass is 10.1. The highest BCUT2D eigenvalue weighted by Gasteiger charge is 2.14. The van der Waals surface area contributed by atoms with Gasteiger partial charge in [0.25, 0.3) is 0 Å². The molecule has 0 aromatic heterocycles. The van der Waals surface area contributed by atoms with Crippen LogP contribution in [0.15, 0.2) is 91.5 Å². The number of ether oxygens (including phenoxy) is 5. The summed E-state index contributed by atoms with van der Waals surface area (Å²) in [4.78, 5) is 36.3. The van der Waals surface area contributed by atoms with E-state index < -0.39 is 17.9 Å². The van der Waals surface area contributed by atoms with E-state index in [4.69, 9.17) is 35.3 Å². The first-order valence-corrected chi connectivity index (χ1v) is 13.6. The summed E-state index contributed by atoms with van der Waals surface area (Å²) in [7, 11) is 1.46. The van der Waals surface area contributed by atoms with E-state index in [0.29, 0.717) is 46.4 Å². The fraction of sp³-hybridized carbons (Fsp3) is 0.147. The van der Waals surface area contributed by atoms with Gasteiger partial charge in [-0.3, -0.25) is 0 Å². The fourth-order valence-corrected chi connectivity index (χ4v) is 4.31. The van der Waals surface area contributed by atoms with Gasteiger partial charge in [0.05, 0.1) is 25.9 Å². The Morgan fingerprint density at radius 2 is 1.60 bits per heavy atom. The number of halogens is 1. The molecule has 0 N–H and O–H groups in total. The number of hydrogen-bond donors (Lipinski definition) is 0. The van der Waals surface area contributed by atoms with Gasteiger partial charge in [-0.2, -0.15) is 0 Å². The minimum atomic E-state index is -0.572. The summed E-state index contributed by atoms with van der Waals surface area (Å²) in [6.07, 6.45) is 4.50. The van der Waals surface area contributed by atoms with Crippen LogP contribution in [0.1, 0.15) is 27.9 Å². The van der Waals surface area contributed by atoms with Crippen molar-refractivity contribution >= 4 is 46.4 Å². The maximum absolute atomic E-state index is 13.0. The van der Waals surface area contributed by atoms with Crippen LogP contribution in [0.25, 0.3) is 16.8 Å². The van der Waals surface area contributed by atoms with E-state index in [1.54, 1.807) is 66.7 Å². The van der Waals surface area contributed by atoms with Crippen LogP contribution in [0.3, 0.4) is 0 Å². The van der Waals surface area contributed by atoms with E-state index in [9.17, 15) is 14.4 Å². The van der Waals surface area contributed by atoms with Crippen LogP contribution in [0.5, 0.6) is 23.0 Å². The normalized spacial score (nSPS) is 10.8. The maximum atomic E-state index is 13.0. The summed E-state index contributed by atoms with van der Waals surface area (Å²) < 4.78 is 27.0. The van der Waals surface area contributed by atoms with E-state index in [-0.39, 0.29) is 12.4 Å². The lowest BCUT2D eigenvalue weighted by Crippen LogP contribution is -2.09. The van der Waals surface area contributed by atoms with Crippen LogP contribution in [-0.2, 0) is 14.3 Å². The van der Waals surface area contributed by atoms with Gasteiger partial charge in [-0.25, -0.2) is 14.4 Å². The predicted molar refractivity (Wildman–Crippen MR) is 164 cm³/mol. The number of fused-ring (bicyclic) bond motifs is 1. The maximum Gasteiger partial charge on any atom is 0.343 e. The van der Waals surface area contributed by atoms with Crippen LogP contribution in [0.4, 0.5) is 0 Å². The molecule has 43 heavy (non-hydrogen) atoms. The zero-order valence-electron chi connectivity index (χ0n) is 23.6. The van der Waals surface area contributed by atoms with Crippen molar-refractivity contribution in [2.24, 2.45) is 0 Å². The number of aryl methyl sites for hydroxylation is 1. The monoisotopic (exact) mass is 600 g/mol. The summed E-state index contributed by atoms with van der Waals surface area (Å²) in [5, 5.41) is 2.18. The third-order valence-electron chi connectivity index (χ3n) is 6.05. The molecule has 220 valence electrons. The van der Waals surface area contributed by atoms with E-state index in [0.717, 1.165) is 22.4 Å². The molecule has 0 saturated carbocycles. The number of carbonyl (C=O) groups is 3. The highest BCUT2D eigenvalue weighted by Crippen LogP contribution is 2.30. The quantitative estimate of drug-likeness (QED) is 0.0732. The first-order chi connectivity index (χ1) is 20.7. The topological polar surface area (TPSA) is 97.4 Å². The van der Waals surface area contributed by atoms with Crippen LogP contribution in [0, 0.1) is 6.92 Å². The summed E-state index contributed by atoms with van der Waals surface area (Å²) >= 11 is 6.02. The molecule has 0 aliphatic heterocycles. The van der Waals surface area contributed by atoms with Crippen LogP contribution in [-0.4, -0.2) is 38.2 Å². The molecule has 0 fully saturated rings. The van der Waals surface area contributed by atoms with Gasteiger partial charge in [0, 0.05) is 23.6 Å². The molecule has 0 spiro atoms. The third kappa shape index (κ3) is 8.95. The van der Waals surface area contributed by atoms with Gasteiger partial charge in [0.2, 0.25) is 0 Å². The highest BCUT2D eigenvalue weighted by atomic mass is 35.5. The Balaban J connectivity index is 1.36. The first-order valence-electron chi connectivity index (χ1n) is 13.3. The highest BCUT2D eigenvalue weighted by molar-refractivity contribution is 6.30. The summed E-state index contributed by atoms with van der Waals surface area (Å²) in [5.74, 6) is -0.0451. The van der Waals surface area contributed by atoms with E-state index in [1.807, 2.05) is 19.1 Å². The van der Waals surface area contributed by atoms with Gasteiger partial charge >= 0.3 is 17.9 Å². The second-order valence-electron chi connectivity index (χ2n) is 9.32. The molecule has 0 bridgehead atoms. The molecule has 0 aliphatic carbocycles. The molecule has 4 aromatic carbocycles. The smallest absolute Gasteiger partial charge is 0.343 e. The number of esters is 3. The number of benzene rings is 4. The Morgan fingerprint density at radius 1 is 0.814 bits per heavy atom. The molecule has 0 radical (unpaired) electrons. The van der Waals surface area contributed by atoms with Gasteiger partial charge in [-0.1, -0.05) is 36.4 Å². The molecular formula is C34H29ClO8. The van der Waals surface area contributed by atoms with Crippen LogP contribution >= 0.6 is 11.6 Å². The molecule has 0 atom stereocenters. The Morgan fingerprint density at radius 3 is 2.37 bits per heavy atom. The Kier molecular flexibility index (Phi) is 10.6. The second-order valence-corrected chi connectivity index (χ2v) is 9.75. The summed E-state index contributed by atoms with van der Waals surface area (Å²) in [6.45, 7) is 5.82. The SMILES string of the molecule is C=CC(=O)OCCCOc1ccc2cc(C(=O)Oc3ccc(/C=C/C(=O)Oc4cc(C)cc(Cl)c4)cc3OC)ccc2c1. The van der Waals surface area contributed by atoms with Crippen molar-refractivity contribution in [1.82, 2.24) is 0 Å². The van der Waals surface area contributed by atoms with Gasteiger partial charge in [0.15, 0.2) is 11.5 Å². The molecular weight excluding hydrogens is 572 g/mol. The average molecular weight is 601 g/mol. The van der Waals surface area contributed by atoms with E-state index >= 15 is 0 Å². The molecule has 4 rings (SSSR count). The molecule has 9 heteroatoms. The van der Waals surface area contributed by atoms with Gasteiger partial charge in [-0.05, 0) is 89.5 Å². The fourth-order valence-electron chi connectivity index (χ4n) is 4.03. The molecule has 8 nitrogen and oxygen atoms in total. The lowest BCUT2D eigenvalue weighted by Gasteiger charge is -2.11. The van der Waals surface area contributed by atoms with Crippen LogP contribution in [0.2, 0.25) is 5.02 Å². The minimum absolute atomic E-state index is 0.226. The third-order valence-corrected chi connectivity index (χ3v) is 6.27. The zero-order valence-corrected chi connectivity index (χ0v) is 24.4. The zero-order chi connectivity index (χ0) is 30.8. The molecule has 0 aliphatic rings. The van der Waals surface area contributed by atoms with Crippen molar-refractivity contribution < 1.29 is 38.1 Å². The second kappa shape index (κ2) is 14.7. The first kappa shape index (κ1) is 30.9. The Labute approximate surface area is 254 Å². The minimum Gasteiger partial charge on any atom is -0.493 e. The Hall–Kier alpha value is -5.08. The van der Waals surface area contributed by atoms with Crippen LogP contribution < -0.4 is 18.9 Å². The number of carbonyl (C=O) groups excluding carboxylic acids is 3. The molecule has 0 amide bonds. The van der Waals surface area contributed by atoms with Crippen molar-refractivity contribution in [3.05, 3.63) is 113 Å². The number of methoxy groups -OCH3 is 1. The molecule has 0 unspecified atom stereocenters. The largest absolute Gasteiger partial charge is 0.493 e. The van der Waals surface area contributed by atoms with Crippen molar-refractivity contribution in [1.29, 1.82) is 0 Å². The summed E-state index contributed by atoms with van der Waals surface area (Å²) in [5.41, 5.74) is 1.86. The molecule has 0 heterocycles. The van der Waals surface area contributed by atoms with E-state index in [1.165, 1.54) is 13.2 Å². The van der Waals surface area contributed by atoms with Gasteiger partial charge < -0.3 is 23.7 Å². The van der Waals surface area contributed by atoms with Crippen molar-refractivity contribution in [2.75, 3.05) is 20.3 Å². The van der Waals surface area contributed by atoms with Gasteiger partial charge in [0.1, 0.15) is 11.5 Å². The molecule has 0 saturated heterocycles. The number of rotatable bonds is 12. The Bertz CT molecular complexity index is 1670. The summed E-state index contributed by atoms with van der Waals surface area (Å²) in [6, 6.07) is 20.7. The van der Waals surface area contributed by atoms with E-state index in [2.05, 4.69) is 6.58 Å². The lowest BCUT2D eigenvalue weighted by molar-refractivity contribution is -0.138. The van der Waals surface area contributed by atoms with Gasteiger partial charge in [-0.15, -0.1) is 0 Å². The van der Waals surface area contributed by atoms with Crippen molar-refractivity contribution in [3.8, 4) is 23.0 Å². The molecule has 4 aromatic rings. The van der Waals surface area contributed by atoms with Crippen molar-refractivity contribution in [3.63, 3.8) is 0 Å². The standard InChI is InChI=1S/C34H29ClO8/c1-4-32(36)41-15-5-14-40-28-11-10-24-19-26(9-8-25(24)20-28)34(38)43-30-12-6-23(18-31(30)39-3)7-13-33(37)42-29-17-22(2)16-27(35)21-29/h4,6-13,16-21H,1,5,14-15H2,2-3H3/b13-7+.